The van der Waals surface area contributed by atoms with Gasteiger partial charge in [-0.2, -0.15) is 5.10 Å². The zero-order valence-electron chi connectivity index (χ0n) is 17.1. The Morgan fingerprint density at radius 1 is 0.909 bits per heavy atom. The number of hydrogen-bond donors (Lipinski definition) is 2. The summed E-state index contributed by atoms with van der Waals surface area (Å²) in [5.74, 6) is 0.0529. The molecular weight excluding hydrogens is 422 g/mol. The van der Waals surface area contributed by atoms with Gasteiger partial charge in [-0.25, -0.2) is 9.36 Å². The van der Waals surface area contributed by atoms with Crippen molar-refractivity contribution < 1.29 is 9.21 Å². The number of carbonyl (C=O) groups excluding carboxylic acids is 1. The van der Waals surface area contributed by atoms with Crippen molar-refractivity contribution in [3.05, 3.63) is 118 Å². The van der Waals surface area contributed by atoms with E-state index < -0.39 is 17.0 Å². The van der Waals surface area contributed by atoms with Gasteiger partial charge in [0.2, 0.25) is 0 Å². The largest absolute Gasteiger partial charge is 0.472 e. The van der Waals surface area contributed by atoms with Crippen molar-refractivity contribution in [1.82, 2.24) is 19.6 Å². The fourth-order valence-electron chi connectivity index (χ4n) is 3.38. The maximum absolute atomic E-state index is 13.1. The molecule has 1 amide bonds. The predicted molar refractivity (Wildman–Crippen MR) is 122 cm³/mol. The molecule has 0 aliphatic rings. The SMILES string of the molecule is O=C(Nc1cc(-c2ccoc2)nn1-c1ccccc1)c1cccc(-n2[nH]c(=O)ccc2=O)c1. The average molecular weight is 439 g/mol. The molecular formula is C24H17N5O4. The zero-order chi connectivity index (χ0) is 22.8. The van der Waals surface area contributed by atoms with Crippen LogP contribution < -0.4 is 16.4 Å². The molecule has 162 valence electrons. The monoisotopic (exact) mass is 439 g/mol. The number of para-hydroxylation sites is 1. The van der Waals surface area contributed by atoms with Crippen molar-refractivity contribution in [3.63, 3.8) is 0 Å². The highest BCUT2D eigenvalue weighted by molar-refractivity contribution is 6.04. The summed E-state index contributed by atoms with van der Waals surface area (Å²) in [5, 5.41) is 9.95. The maximum atomic E-state index is 13.1. The zero-order valence-corrected chi connectivity index (χ0v) is 17.1. The summed E-state index contributed by atoms with van der Waals surface area (Å²) in [6.45, 7) is 0. The Kier molecular flexibility index (Phi) is 5.04. The molecule has 0 aliphatic carbocycles. The van der Waals surface area contributed by atoms with Crippen LogP contribution in [0.3, 0.4) is 0 Å². The molecule has 5 rings (SSSR count). The molecule has 0 unspecified atom stereocenters. The molecule has 33 heavy (non-hydrogen) atoms. The van der Waals surface area contributed by atoms with E-state index in [1.165, 1.54) is 12.1 Å². The highest BCUT2D eigenvalue weighted by Crippen LogP contribution is 2.25. The van der Waals surface area contributed by atoms with E-state index in [9.17, 15) is 14.4 Å². The minimum atomic E-state index is -0.428. The smallest absolute Gasteiger partial charge is 0.269 e. The molecule has 3 aromatic heterocycles. The van der Waals surface area contributed by atoms with Crippen LogP contribution in [-0.2, 0) is 0 Å². The third kappa shape index (κ3) is 4.02. The van der Waals surface area contributed by atoms with Crippen molar-refractivity contribution >= 4 is 11.7 Å². The van der Waals surface area contributed by atoms with Gasteiger partial charge < -0.3 is 9.73 Å². The molecule has 0 atom stereocenters. The molecule has 5 aromatic rings. The van der Waals surface area contributed by atoms with Crippen LogP contribution in [-0.4, -0.2) is 25.5 Å². The lowest BCUT2D eigenvalue weighted by Crippen LogP contribution is -2.26. The van der Waals surface area contributed by atoms with Crippen molar-refractivity contribution in [3.8, 4) is 22.6 Å². The molecule has 3 heterocycles. The van der Waals surface area contributed by atoms with Gasteiger partial charge in [0, 0.05) is 29.3 Å². The number of benzene rings is 2. The summed E-state index contributed by atoms with van der Waals surface area (Å²) >= 11 is 0. The molecule has 0 aliphatic heterocycles. The first kappa shape index (κ1) is 20.0. The van der Waals surface area contributed by atoms with E-state index in [0.717, 1.165) is 22.0 Å². The van der Waals surface area contributed by atoms with E-state index in [0.29, 0.717) is 22.8 Å². The normalized spacial score (nSPS) is 10.8. The number of aromatic nitrogens is 4. The van der Waals surface area contributed by atoms with Gasteiger partial charge in [-0.15, -0.1) is 0 Å². The first-order valence-corrected chi connectivity index (χ1v) is 10.0. The second kappa shape index (κ2) is 8.31. The van der Waals surface area contributed by atoms with E-state index in [2.05, 4.69) is 15.5 Å². The molecule has 9 heteroatoms. The van der Waals surface area contributed by atoms with Crippen LogP contribution in [0.1, 0.15) is 10.4 Å². The Labute approximate surface area is 186 Å². The van der Waals surface area contributed by atoms with E-state index in [1.54, 1.807) is 47.5 Å². The van der Waals surface area contributed by atoms with Gasteiger partial charge in [0.1, 0.15) is 5.82 Å². The number of amides is 1. The lowest BCUT2D eigenvalue weighted by Gasteiger charge is -2.10. The van der Waals surface area contributed by atoms with E-state index >= 15 is 0 Å². The van der Waals surface area contributed by atoms with Crippen molar-refractivity contribution in [2.45, 2.75) is 0 Å². The fourth-order valence-corrected chi connectivity index (χ4v) is 3.38. The van der Waals surface area contributed by atoms with Gasteiger partial charge in [0.05, 0.1) is 29.6 Å². The number of nitrogens with zero attached hydrogens (tertiary/aromatic N) is 3. The summed E-state index contributed by atoms with van der Waals surface area (Å²) in [5.41, 5.74) is 1.99. The van der Waals surface area contributed by atoms with Gasteiger partial charge in [-0.1, -0.05) is 24.3 Å². The standard InChI is InChI=1S/C24H17N5O4/c30-22-9-10-23(31)29(27-22)19-8-4-5-16(13-19)24(32)25-21-14-20(17-11-12-33-15-17)26-28(21)18-6-2-1-3-7-18/h1-15H,(H,25,32)(H,27,30). The van der Waals surface area contributed by atoms with Crippen molar-refractivity contribution in [2.75, 3.05) is 5.32 Å². The summed E-state index contributed by atoms with van der Waals surface area (Å²) in [7, 11) is 0. The Morgan fingerprint density at radius 2 is 1.73 bits per heavy atom. The third-order valence-electron chi connectivity index (χ3n) is 4.95. The molecule has 2 aromatic carbocycles. The van der Waals surface area contributed by atoms with Gasteiger partial charge >= 0.3 is 0 Å². The fraction of sp³-hybridized carbons (Fsp3) is 0. The lowest BCUT2D eigenvalue weighted by atomic mass is 10.2. The lowest BCUT2D eigenvalue weighted by molar-refractivity contribution is 0.102. The van der Waals surface area contributed by atoms with Crippen LogP contribution in [0.15, 0.2) is 105 Å². The first-order valence-electron chi connectivity index (χ1n) is 10.0. The number of H-pyrrole nitrogens is 1. The maximum Gasteiger partial charge on any atom is 0.269 e. The minimum Gasteiger partial charge on any atom is -0.472 e. The highest BCUT2D eigenvalue weighted by Gasteiger charge is 2.16. The Hall–Kier alpha value is -4.92. The average Bonchev–Trinajstić information content (AvgIpc) is 3.52. The van der Waals surface area contributed by atoms with Gasteiger partial charge in [-0.05, 0) is 36.4 Å². The minimum absolute atomic E-state index is 0.301. The predicted octanol–water partition coefficient (Wildman–Crippen LogP) is 3.22. The molecule has 0 spiro atoms. The van der Waals surface area contributed by atoms with Crippen molar-refractivity contribution in [2.24, 2.45) is 0 Å². The van der Waals surface area contributed by atoms with E-state index in [-0.39, 0.29) is 0 Å². The highest BCUT2D eigenvalue weighted by atomic mass is 16.3. The van der Waals surface area contributed by atoms with Crippen molar-refractivity contribution in [1.29, 1.82) is 0 Å². The summed E-state index contributed by atoms with van der Waals surface area (Å²) in [6.07, 6.45) is 3.13. The molecule has 0 saturated heterocycles. The number of rotatable bonds is 5. The molecule has 0 fully saturated rings. The Bertz CT molecular complexity index is 1550. The molecule has 9 nitrogen and oxygen atoms in total. The third-order valence-corrected chi connectivity index (χ3v) is 4.95. The topological polar surface area (TPSA) is 115 Å². The second-order valence-electron chi connectivity index (χ2n) is 7.16. The van der Waals surface area contributed by atoms with Crippen LogP contribution in [0.5, 0.6) is 0 Å². The van der Waals surface area contributed by atoms with Gasteiger partial charge in [-0.3, -0.25) is 19.5 Å². The number of carbonyl (C=O) groups is 1. The number of anilines is 1. The second-order valence-corrected chi connectivity index (χ2v) is 7.16. The Balaban J connectivity index is 1.51. The summed E-state index contributed by atoms with van der Waals surface area (Å²) in [4.78, 5) is 36.9. The van der Waals surface area contributed by atoms with Gasteiger partial charge in [0.25, 0.3) is 17.0 Å². The van der Waals surface area contributed by atoms with Crippen LogP contribution in [0.4, 0.5) is 5.82 Å². The van der Waals surface area contributed by atoms with Crippen LogP contribution in [0, 0.1) is 0 Å². The number of hydrogen-bond acceptors (Lipinski definition) is 5. The molecule has 2 N–H and O–H groups in total. The molecule has 0 saturated carbocycles. The summed E-state index contributed by atoms with van der Waals surface area (Å²) < 4.78 is 7.87. The molecule has 0 bridgehead atoms. The number of nitrogens with one attached hydrogen (secondary N) is 2. The molecule has 0 radical (unpaired) electrons. The number of aromatic amines is 1. The number of furan rings is 1. The van der Waals surface area contributed by atoms with Crippen LogP contribution in [0.2, 0.25) is 0 Å². The first-order chi connectivity index (χ1) is 16.1. The quantitative estimate of drug-likeness (QED) is 0.436. The van der Waals surface area contributed by atoms with Gasteiger partial charge in [0.15, 0.2) is 0 Å². The van der Waals surface area contributed by atoms with E-state index in [1.807, 2.05) is 30.3 Å². The van der Waals surface area contributed by atoms with Crippen LogP contribution in [0.25, 0.3) is 22.6 Å². The van der Waals surface area contributed by atoms with Crippen LogP contribution >= 0.6 is 0 Å². The summed E-state index contributed by atoms with van der Waals surface area (Å²) in [6, 6.07) is 21.6. The van der Waals surface area contributed by atoms with E-state index in [4.69, 9.17) is 4.42 Å². The Morgan fingerprint density at radius 3 is 2.52 bits per heavy atom.